The highest BCUT2D eigenvalue weighted by Gasteiger charge is 2.41. The van der Waals surface area contributed by atoms with E-state index in [1.54, 1.807) is 0 Å². The molecule has 6 rings (SSSR count). The van der Waals surface area contributed by atoms with Gasteiger partial charge in [0.25, 0.3) is 5.91 Å². The van der Waals surface area contributed by atoms with E-state index in [0.29, 0.717) is 28.7 Å². The molecule has 0 radical (unpaired) electrons. The maximum atomic E-state index is 13.6. The summed E-state index contributed by atoms with van der Waals surface area (Å²) >= 11 is 1.19. The van der Waals surface area contributed by atoms with Gasteiger partial charge in [-0.25, -0.2) is 14.3 Å². The lowest BCUT2D eigenvalue weighted by atomic mass is 10.1. The number of aliphatic imine (C=N–C) groups is 2. The van der Waals surface area contributed by atoms with E-state index in [4.69, 9.17) is 4.99 Å². The van der Waals surface area contributed by atoms with Gasteiger partial charge in [0.1, 0.15) is 17.7 Å². The second-order valence-electron chi connectivity index (χ2n) is 8.34. The fraction of sp³-hybridized carbons (Fsp3) is 0.111. The highest BCUT2D eigenvalue weighted by molar-refractivity contribution is 8.14. The SMILES string of the molecule is O=C(CSC1=Nc2ccccc2C2=N[C@@H](Cc3c[nH]c4ccccc34)C(=O)N12)c1ccc(F)cc1. The minimum atomic E-state index is -0.589. The van der Waals surface area contributed by atoms with Gasteiger partial charge in [0.05, 0.1) is 11.4 Å². The molecular weight excluding hydrogens is 463 g/mol. The molecule has 2 aliphatic rings. The number of carbonyl (C=O) groups excluding carboxylic acids is 2. The minimum Gasteiger partial charge on any atom is -0.361 e. The first-order valence-electron chi connectivity index (χ1n) is 11.1. The number of H-pyrrole nitrogens is 1. The van der Waals surface area contributed by atoms with Crippen LogP contribution in [0.1, 0.15) is 21.5 Å². The van der Waals surface area contributed by atoms with Crippen molar-refractivity contribution < 1.29 is 14.0 Å². The van der Waals surface area contributed by atoms with Gasteiger partial charge in [0.15, 0.2) is 11.0 Å². The standard InChI is InChI=1S/C27H19FN4O2S/c28-18-11-9-16(10-12-18)24(33)15-35-27-31-22-8-4-2-6-20(22)25-30-23(26(34)32(25)27)13-17-14-29-21-7-3-1-5-19(17)21/h1-12,14,23,29H,13,15H2/t23-/m0/s1. The third-order valence-electron chi connectivity index (χ3n) is 6.13. The van der Waals surface area contributed by atoms with Crippen molar-refractivity contribution in [3.8, 4) is 0 Å². The van der Waals surface area contributed by atoms with Crippen LogP contribution in [0, 0.1) is 5.82 Å². The first kappa shape index (κ1) is 21.5. The van der Waals surface area contributed by atoms with E-state index in [1.807, 2.05) is 54.7 Å². The normalized spacial score (nSPS) is 16.7. The summed E-state index contributed by atoms with van der Waals surface area (Å²) in [6.07, 6.45) is 2.38. The summed E-state index contributed by atoms with van der Waals surface area (Å²) in [5.41, 5.74) is 3.95. The number of halogens is 1. The van der Waals surface area contributed by atoms with Gasteiger partial charge in [-0.05, 0) is 48.0 Å². The number of Topliss-reactive ketones (excluding diaryl/α,β-unsaturated/α-hetero) is 1. The van der Waals surface area contributed by atoms with Crippen LogP contribution in [0.4, 0.5) is 10.1 Å². The van der Waals surface area contributed by atoms with Crippen molar-refractivity contribution in [3.63, 3.8) is 0 Å². The van der Waals surface area contributed by atoms with Gasteiger partial charge in [0.2, 0.25) is 0 Å². The molecule has 0 aliphatic carbocycles. The molecule has 172 valence electrons. The molecule has 0 unspecified atom stereocenters. The number of nitrogens with one attached hydrogen (secondary N) is 1. The fourth-order valence-corrected chi connectivity index (χ4v) is 5.29. The Hall–Kier alpha value is -4.04. The quantitative estimate of drug-likeness (QED) is 0.401. The number of fused-ring (bicyclic) bond motifs is 4. The molecule has 3 heterocycles. The molecule has 35 heavy (non-hydrogen) atoms. The molecule has 0 saturated carbocycles. The lowest BCUT2D eigenvalue weighted by Crippen LogP contribution is -2.41. The number of rotatable bonds is 5. The summed E-state index contributed by atoms with van der Waals surface area (Å²) in [4.78, 5) is 40.5. The van der Waals surface area contributed by atoms with Crippen molar-refractivity contribution in [2.24, 2.45) is 9.98 Å². The summed E-state index contributed by atoms with van der Waals surface area (Å²) in [5.74, 6) is -0.108. The van der Waals surface area contributed by atoms with E-state index in [9.17, 15) is 14.0 Å². The number of amides is 1. The molecule has 6 nitrogen and oxygen atoms in total. The maximum absolute atomic E-state index is 13.6. The highest BCUT2D eigenvalue weighted by atomic mass is 32.2. The van der Waals surface area contributed by atoms with Crippen molar-refractivity contribution in [1.82, 2.24) is 9.88 Å². The molecular formula is C27H19FN4O2S. The number of nitrogens with zero attached hydrogens (tertiary/aromatic N) is 3. The number of hydrogen-bond acceptors (Lipinski definition) is 5. The van der Waals surface area contributed by atoms with Crippen LogP contribution in [0.3, 0.4) is 0 Å². The average Bonchev–Trinajstić information content (AvgIpc) is 3.44. The first-order chi connectivity index (χ1) is 17.1. The van der Waals surface area contributed by atoms with E-state index in [2.05, 4.69) is 9.98 Å². The number of aromatic amines is 1. The molecule has 0 bridgehead atoms. The number of benzene rings is 3. The largest absolute Gasteiger partial charge is 0.361 e. The number of hydrogen-bond donors (Lipinski definition) is 1. The molecule has 1 amide bonds. The topological polar surface area (TPSA) is 77.9 Å². The Morgan fingerprint density at radius 1 is 1.03 bits per heavy atom. The number of amidine groups is 2. The second-order valence-corrected chi connectivity index (χ2v) is 9.28. The Bertz CT molecular complexity index is 1540. The van der Waals surface area contributed by atoms with Crippen LogP contribution >= 0.6 is 11.8 Å². The van der Waals surface area contributed by atoms with Crippen molar-refractivity contribution in [2.75, 3.05) is 5.75 Å². The van der Waals surface area contributed by atoms with Crippen LogP contribution in [0.15, 0.2) is 89.0 Å². The van der Waals surface area contributed by atoms with E-state index in [0.717, 1.165) is 22.0 Å². The number of aromatic nitrogens is 1. The van der Waals surface area contributed by atoms with Crippen LogP contribution in [-0.4, -0.2) is 44.4 Å². The minimum absolute atomic E-state index is 0.0663. The molecule has 1 N–H and O–H groups in total. The molecule has 0 saturated heterocycles. The van der Waals surface area contributed by atoms with Crippen LogP contribution in [0.2, 0.25) is 0 Å². The summed E-state index contributed by atoms with van der Waals surface area (Å²) in [5, 5.41) is 1.49. The zero-order valence-corrected chi connectivity index (χ0v) is 19.3. The Morgan fingerprint density at radius 3 is 2.66 bits per heavy atom. The van der Waals surface area contributed by atoms with Crippen molar-refractivity contribution in [3.05, 3.63) is 102 Å². The Kier molecular flexibility index (Phi) is 5.30. The van der Waals surface area contributed by atoms with Crippen LogP contribution in [-0.2, 0) is 11.2 Å². The van der Waals surface area contributed by atoms with Gasteiger partial charge in [0, 0.05) is 34.6 Å². The molecule has 1 aromatic heterocycles. The zero-order valence-electron chi connectivity index (χ0n) is 18.4. The summed E-state index contributed by atoms with van der Waals surface area (Å²) in [6.45, 7) is 0. The number of thioether (sulfide) groups is 1. The molecule has 4 aromatic rings. The third kappa shape index (κ3) is 3.85. The average molecular weight is 483 g/mol. The van der Waals surface area contributed by atoms with Gasteiger partial charge < -0.3 is 4.98 Å². The summed E-state index contributed by atoms with van der Waals surface area (Å²) in [7, 11) is 0. The van der Waals surface area contributed by atoms with E-state index in [-0.39, 0.29) is 17.4 Å². The highest BCUT2D eigenvalue weighted by Crippen LogP contribution is 2.34. The fourth-order valence-electron chi connectivity index (χ4n) is 4.39. The Labute approximate surface area is 204 Å². The van der Waals surface area contributed by atoms with E-state index in [1.165, 1.54) is 40.9 Å². The first-order valence-corrected chi connectivity index (χ1v) is 12.1. The van der Waals surface area contributed by atoms with Crippen LogP contribution in [0.5, 0.6) is 0 Å². The van der Waals surface area contributed by atoms with Crippen LogP contribution in [0.25, 0.3) is 10.9 Å². The van der Waals surface area contributed by atoms with E-state index >= 15 is 0 Å². The molecule has 0 fully saturated rings. The van der Waals surface area contributed by atoms with Crippen LogP contribution < -0.4 is 0 Å². The molecule has 0 spiro atoms. The Balaban J connectivity index is 1.29. The third-order valence-corrected chi connectivity index (χ3v) is 7.07. The van der Waals surface area contributed by atoms with Crippen molar-refractivity contribution >= 4 is 51.0 Å². The second kappa shape index (κ2) is 8.63. The lowest BCUT2D eigenvalue weighted by Gasteiger charge is -2.25. The van der Waals surface area contributed by atoms with E-state index < -0.39 is 11.9 Å². The number of para-hydroxylation sites is 2. The maximum Gasteiger partial charge on any atom is 0.259 e. The molecule has 1 atom stereocenters. The lowest BCUT2D eigenvalue weighted by molar-refractivity contribution is -0.124. The van der Waals surface area contributed by atoms with Crippen molar-refractivity contribution in [1.29, 1.82) is 0 Å². The number of ketones is 1. The van der Waals surface area contributed by atoms with Gasteiger partial charge >= 0.3 is 0 Å². The van der Waals surface area contributed by atoms with Crippen molar-refractivity contribution in [2.45, 2.75) is 12.5 Å². The Morgan fingerprint density at radius 2 is 1.80 bits per heavy atom. The predicted octanol–water partition coefficient (Wildman–Crippen LogP) is 5.12. The van der Waals surface area contributed by atoms with Gasteiger partial charge in [-0.1, -0.05) is 42.1 Å². The smallest absolute Gasteiger partial charge is 0.259 e. The summed E-state index contributed by atoms with van der Waals surface area (Å²) < 4.78 is 13.2. The zero-order chi connectivity index (χ0) is 23.9. The molecule has 2 aliphatic heterocycles. The monoisotopic (exact) mass is 482 g/mol. The summed E-state index contributed by atoms with van der Waals surface area (Å²) in [6, 6.07) is 20.4. The van der Waals surface area contributed by atoms with Gasteiger partial charge in [-0.15, -0.1) is 0 Å². The molecule has 8 heteroatoms. The number of carbonyl (C=O) groups is 2. The van der Waals surface area contributed by atoms with Gasteiger partial charge in [-0.3, -0.25) is 14.6 Å². The predicted molar refractivity (Wildman–Crippen MR) is 136 cm³/mol. The molecule has 3 aromatic carbocycles. The van der Waals surface area contributed by atoms with Gasteiger partial charge in [-0.2, -0.15) is 0 Å².